The third-order valence-corrected chi connectivity index (χ3v) is 2.23. The number of hydrogen-bond acceptors (Lipinski definition) is 1. The fourth-order valence-electron chi connectivity index (χ4n) is 0.959. The lowest BCUT2D eigenvalue weighted by Crippen LogP contribution is -2.15. The third kappa shape index (κ3) is 2.07. The van der Waals surface area contributed by atoms with Crippen molar-refractivity contribution in [2.75, 3.05) is 0 Å². The van der Waals surface area contributed by atoms with Crippen molar-refractivity contribution in [3.05, 3.63) is 22.4 Å². The molecule has 0 bridgehead atoms. The molecule has 1 atom stereocenters. The molecule has 3 heteroatoms. The molecule has 62 valence electrons. The Labute approximate surface area is 75.3 Å². The van der Waals surface area contributed by atoms with Crippen LogP contribution in [0.5, 0.6) is 0 Å². The second kappa shape index (κ2) is 3.41. The van der Waals surface area contributed by atoms with E-state index in [2.05, 4.69) is 34.8 Å². The van der Waals surface area contributed by atoms with Crippen LogP contribution in [0, 0.1) is 5.92 Å². The number of halogens is 1. The number of hydrogen-bond donors (Lipinski definition) is 2. The SMILES string of the molecule is CC(C)[C@H](N)c1c[nH]c(Br)c1. The Morgan fingerprint density at radius 2 is 2.18 bits per heavy atom. The molecule has 0 aliphatic carbocycles. The molecule has 0 saturated heterocycles. The van der Waals surface area contributed by atoms with Gasteiger partial charge in [-0.2, -0.15) is 0 Å². The summed E-state index contributed by atoms with van der Waals surface area (Å²) < 4.78 is 0.989. The molecule has 1 aromatic rings. The Bertz CT molecular complexity index is 230. The first-order chi connectivity index (χ1) is 5.11. The summed E-state index contributed by atoms with van der Waals surface area (Å²) in [5.41, 5.74) is 7.07. The maximum Gasteiger partial charge on any atom is 0.0823 e. The van der Waals surface area contributed by atoms with Crippen LogP contribution in [0.25, 0.3) is 0 Å². The summed E-state index contributed by atoms with van der Waals surface area (Å²) in [4.78, 5) is 3.04. The Hall–Kier alpha value is -0.280. The second-order valence-electron chi connectivity index (χ2n) is 3.05. The summed E-state index contributed by atoms with van der Waals surface area (Å²) in [6.07, 6.45) is 1.94. The summed E-state index contributed by atoms with van der Waals surface area (Å²) in [6.45, 7) is 4.23. The lowest BCUT2D eigenvalue weighted by atomic mass is 10.00. The van der Waals surface area contributed by atoms with Crippen LogP contribution in [-0.4, -0.2) is 4.98 Å². The van der Waals surface area contributed by atoms with Gasteiger partial charge in [0.05, 0.1) is 4.60 Å². The first kappa shape index (κ1) is 8.81. The molecular formula is C8H13BrN2. The highest BCUT2D eigenvalue weighted by Gasteiger charge is 2.10. The lowest BCUT2D eigenvalue weighted by molar-refractivity contribution is 0.514. The fourth-order valence-corrected chi connectivity index (χ4v) is 1.34. The quantitative estimate of drug-likeness (QED) is 0.784. The molecule has 1 heterocycles. The third-order valence-electron chi connectivity index (χ3n) is 1.77. The molecule has 0 aromatic carbocycles. The van der Waals surface area contributed by atoms with Gasteiger partial charge in [-0.15, -0.1) is 0 Å². The maximum absolute atomic E-state index is 5.91. The molecule has 0 saturated carbocycles. The van der Waals surface area contributed by atoms with E-state index in [-0.39, 0.29) is 6.04 Å². The Morgan fingerprint density at radius 1 is 1.55 bits per heavy atom. The van der Waals surface area contributed by atoms with Crippen molar-refractivity contribution in [1.29, 1.82) is 0 Å². The van der Waals surface area contributed by atoms with Gasteiger partial charge in [-0.3, -0.25) is 0 Å². The summed E-state index contributed by atoms with van der Waals surface area (Å²) in [6, 6.07) is 2.16. The molecule has 0 spiro atoms. The lowest BCUT2D eigenvalue weighted by Gasteiger charge is -2.12. The van der Waals surface area contributed by atoms with Crippen molar-refractivity contribution in [1.82, 2.24) is 4.98 Å². The van der Waals surface area contributed by atoms with E-state index in [0.717, 1.165) is 10.2 Å². The Balaban J connectivity index is 2.76. The summed E-state index contributed by atoms with van der Waals surface area (Å²) >= 11 is 3.34. The molecule has 0 amide bonds. The minimum atomic E-state index is 0.137. The van der Waals surface area contributed by atoms with Crippen LogP contribution in [0.3, 0.4) is 0 Å². The molecular weight excluding hydrogens is 204 g/mol. The first-order valence-corrected chi connectivity index (χ1v) is 4.50. The van der Waals surface area contributed by atoms with Crippen LogP contribution in [0.1, 0.15) is 25.5 Å². The maximum atomic E-state index is 5.91. The molecule has 0 aliphatic heterocycles. The molecule has 0 radical (unpaired) electrons. The Morgan fingerprint density at radius 3 is 2.55 bits per heavy atom. The van der Waals surface area contributed by atoms with Gasteiger partial charge in [0.15, 0.2) is 0 Å². The van der Waals surface area contributed by atoms with Gasteiger partial charge in [-0.25, -0.2) is 0 Å². The predicted molar refractivity (Wildman–Crippen MR) is 50.3 cm³/mol. The zero-order valence-corrected chi connectivity index (χ0v) is 8.35. The van der Waals surface area contributed by atoms with Gasteiger partial charge >= 0.3 is 0 Å². The normalized spacial score (nSPS) is 13.9. The van der Waals surface area contributed by atoms with Gasteiger partial charge in [0, 0.05) is 12.2 Å². The molecule has 0 fully saturated rings. The molecule has 0 aliphatic rings. The highest BCUT2D eigenvalue weighted by Crippen LogP contribution is 2.21. The van der Waals surface area contributed by atoms with Gasteiger partial charge in [-0.05, 0) is 33.5 Å². The average molecular weight is 217 g/mol. The minimum Gasteiger partial charge on any atom is -0.356 e. The molecule has 1 rings (SSSR count). The van der Waals surface area contributed by atoms with Crippen LogP contribution >= 0.6 is 15.9 Å². The topological polar surface area (TPSA) is 41.8 Å². The van der Waals surface area contributed by atoms with Crippen LogP contribution in [0.15, 0.2) is 16.9 Å². The molecule has 11 heavy (non-hydrogen) atoms. The standard InChI is InChI=1S/C8H13BrN2/c1-5(2)8(10)6-3-7(9)11-4-6/h3-5,8,11H,10H2,1-2H3/t8-/m0/s1. The summed E-state index contributed by atoms with van der Waals surface area (Å²) in [5, 5.41) is 0. The van der Waals surface area contributed by atoms with Crippen LogP contribution < -0.4 is 5.73 Å². The second-order valence-corrected chi connectivity index (χ2v) is 3.91. The van der Waals surface area contributed by atoms with Gasteiger partial charge in [0.2, 0.25) is 0 Å². The van der Waals surface area contributed by atoms with Gasteiger partial charge < -0.3 is 10.7 Å². The largest absolute Gasteiger partial charge is 0.356 e. The van der Waals surface area contributed by atoms with Crippen molar-refractivity contribution in [3.8, 4) is 0 Å². The zero-order valence-electron chi connectivity index (χ0n) is 6.76. The van der Waals surface area contributed by atoms with Gasteiger partial charge in [0.25, 0.3) is 0 Å². The van der Waals surface area contributed by atoms with Crippen molar-refractivity contribution < 1.29 is 0 Å². The number of nitrogens with one attached hydrogen (secondary N) is 1. The average Bonchev–Trinajstić information content (AvgIpc) is 2.34. The van der Waals surface area contributed by atoms with E-state index in [0.29, 0.717) is 5.92 Å². The van der Waals surface area contributed by atoms with E-state index in [9.17, 15) is 0 Å². The van der Waals surface area contributed by atoms with Gasteiger partial charge in [-0.1, -0.05) is 13.8 Å². The van der Waals surface area contributed by atoms with Crippen molar-refractivity contribution >= 4 is 15.9 Å². The van der Waals surface area contributed by atoms with E-state index in [4.69, 9.17) is 5.73 Å². The molecule has 3 N–H and O–H groups in total. The highest BCUT2D eigenvalue weighted by atomic mass is 79.9. The van der Waals surface area contributed by atoms with E-state index >= 15 is 0 Å². The molecule has 1 aromatic heterocycles. The van der Waals surface area contributed by atoms with E-state index < -0.39 is 0 Å². The first-order valence-electron chi connectivity index (χ1n) is 3.70. The number of H-pyrrole nitrogens is 1. The number of aromatic nitrogens is 1. The fraction of sp³-hybridized carbons (Fsp3) is 0.500. The van der Waals surface area contributed by atoms with E-state index in [1.165, 1.54) is 0 Å². The summed E-state index contributed by atoms with van der Waals surface area (Å²) in [7, 11) is 0. The zero-order chi connectivity index (χ0) is 8.43. The van der Waals surface area contributed by atoms with E-state index in [1.54, 1.807) is 0 Å². The van der Waals surface area contributed by atoms with Crippen LogP contribution in [0.2, 0.25) is 0 Å². The Kier molecular flexibility index (Phi) is 2.73. The number of rotatable bonds is 2. The van der Waals surface area contributed by atoms with Crippen molar-refractivity contribution in [2.45, 2.75) is 19.9 Å². The van der Waals surface area contributed by atoms with E-state index in [1.807, 2.05) is 12.3 Å². The van der Waals surface area contributed by atoms with Gasteiger partial charge in [0.1, 0.15) is 0 Å². The smallest absolute Gasteiger partial charge is 0.0823 e. The highest BCUT2D eigenvalue weighted by molar-refractivity contribution is 9.10. The number of nitrogens with two attached hydrogens (primary N) is 1. The van der Waals surface area contributed by atoms with Crippen molar-refractivity contribution in [2.24, 2.45) is 11.7 Å². The summed E-state index contributed by atoms with van der Waals surface area (Å²) in [5.74, 6) is 0.484. The predicted octanol–water partition coefficient (Wildman–Crippen LogP) is 2.43. The van der Waals surface area contributed by atoms with Crippen LogP contribution in [-0.2, 0) is 0 Å². The number of aromatic amines is 1. The van der Waals surface area contributed by atoms with Crippen molar-refractivity contribution in [3.63, 3.8) is 0 Å². The monoisotopic (exact) mass is 216 g/mol. The molecule has 2 nitrogen and oxygen atoms in total. The minimum absolute atomic E-state index is 0.137. The molecule has 0 unspecified atom stereocenters. The van der Waals surface area contributed by atoms with Crippen LogP contribution in [0.4, 0.5) is 0 Å².